The number of fused-ring (bicyclic) bond motifs is 3. The molecule has 6 heteroatoms. The molecule has 1 heterocycles. The molecule has 4 rings (SSSR count). The Bertz CT molecular complexity index is 524. The fraction of sp³-hybridized carbons (Fsp3) is 0.842. The highest BCUT2D eigenvalue weighted by molar-refractivity contribution is 6.01. The summed E-state index contributed by atoms with van der Waals surface area (Å²) in [6, 6.07) is 0. The summed E-state index contributed by atoms with van der Waals surface area (Å²) in [5, 5.41) is 0.559. The number of hydroxylamine groups is 2. The minimum Gasteiger partial charge on any atom is -0.432 e. The van der Waals surface area contributed by atoms with Gasteiger partial charge in [0.05, 0.1) is 6.61 Å². The summed E-state index contributed by atoms with van der Waals surface area (Å²) < 4.78 is 5.38. The molecule has 0 aromatic rings. The van der Waals surface area contributed by atoms with Gasteiger partial charge in [0.2, 0.25) is 0 Å². The fourth-order valence-electron chi connectivity index (χ4n) is 5.99. The smallest absolute Gasteiger partial charge is 0.432 e. The zero-order chi connectivity index (χ0) is 17.4. The second-order valence-electron chi connectivity index (χ2n) is 8.12. The maximum absolute atomic E-state index is 12.0. The van der Waals surface area contributed by atoms with Crippen molar-refractivity contribution in [2.75, 3.05) is 6.61 Å². The molecule has 2 amide bonds. The molecular formula is C19H27NO5. The van der Waals surface area contributed by atoms with Crippen LogP contribution >= 0.6 is 0 Å². The lowest BCUT2D eigenvalue weighted by molar-refractivity contribution is -0.177. The number of amides is 2. The van der Waals surface area contributed by atoms with Crippen LogP contribution in [0.5, 0.6) is 0 Å². The first-order chi connectivity index (χ1) is 12.1. The third kappa shape index (κ3) is 3.15. The van der Waals surface area contributed by atoms with Crippen molar-refractivity contribution in [2.45, 2.75) is 64.2 Å². The quantitative estimate of drug-likeness (QED) is 0.576. The minimum atomic E-state index is -0.921. The van der Waals surface area contributed by atoms with E-state index in [0.29, 0.717) is 29.4 Å². The Kier molecular flexibility index (Phi) is 4.69. The van der Waals surface area contributed by atoms with Gasteiger partial charge in [-0.3, -0.25) is 14.4 Å². The van der Waals surface area contributed by atoms with Crippen molar-refractivity contribution in [3.8, 4) is 0 Å². The predicted molar refractivity (Wildman–Crippen MR) is 87.9 cm³/mol. The monoisotopic (exact) mass is 349 g/mol. The molecule has 3 saturated carbocycles. The Morgan fingerprint density at radius 1 is 0.840 bits per heavy atom. The summed E-state index contributed by atoms with van der Waals surface area (Å²) in [7, 11) is 0. The average Bonchev–Trinajstić information content (AvgIpc) is 3.12. The molecule has 0 radical (unpaired) electrons. The molecule has 0 spiro atoms. The lowest BCUT2D eigenvalue weighted by Gasteiger charge is -2.32. The Morgan fingerprint density at radius 2 is 1.32 bits per heavy atom. The van der Waals surface area contributed by atoms with E-state index < -0.39 is 18.0 Å². The number of nitrogens with zero attached hydrogens (tertiary/aromatic N) is 1. The Hall–Kier alpha value is -1.59. The number of carbonyl (C=O) groups excluding carboxylic acids is 3. The molecule has 0 N–H and O–H groups in total. The molecule has 0 aromatic heterocycles. The van der Waals surface area contributed by atoms with Gasteiger partial charge < -0.3 is 4.74 Å². The van der Waals surface area contributed by atoms with Crippen LogP contribution in [0.1, 0.15) is 64.2 Å². The van der Waals surface area contributed by atoms with Crippen molar-refractivity contribution < 1.29 is 24.0 Å². The van der Waals surface area contributed by atoms with E-state index >= 15 is 0 Å². The summed E-state index contributed by atoms with van der Waals surface area (Å²) >= 11 is 0. The van der Waals surface area contributed by atoms with Crippen LogP contribution < -0.4 is 0 Å². The maximum atomic E-state index is 12.0. The molecular weight excluding hydrogens is 322 g/mol. The van der Waals surface area contributed by atoms with Gasteiger partial charge in [0.25, 0.3) is 11.8 Å². The van der Waals surface area contributed by atoms with Gasteiger partial charge in [0.1, 0.15) is 0 Å². The van der Waals surface area contributed by atoms with E-state index in [1.54, 1.807) is 0 Å². The Morgan fingerprint density at radius 3 is 1.84 bits per heavy atom. The molecule has 1 aliphatic heterocycles. The largest absolute Gasteiger partial charge is 0.533 e. The number of imide groups is 1. The summed E-state index contributed by atoms with van der Waals surface area (Å²) in [6.45, 7) is 0.359. The first-order valence-corrected chi connectivity index (χ1v) is 9.85. The topological polar surface area (TPSA) is 72.9 Å². The second kappa shape index (κ2) is 6.96. The maximum Gasteiger partial charge on any atom is 0.533 e. The van der Waals surface area contributed by atoms with Crippen LogP contribution in [0.3, 0.4) is 0 Å². The Labute approximate surface area is 148 Å². The van der Waals surface area contributed by atoms with E-state index in [4.69, 9.17) is 9.57 Å². The molecule has 4 fully saturated rings. The van der Waals surface area contributed by atoms with Crippen molar-refractivity contribution in [3.63, 3.8) is 0 Å². The standard InChI is InChI=1S/C19H27NO5/c21-17-9-10-18(22)20(17)25-19(23)24-11-16-14-7-3-1-5-12(14)13-6-2-4-8-15(13)16/h12-16H,1-11H2. The molecule has 138 valence electrons. The molecule has 25 heavy (non-hydrogen) atoms. The lowest BCUT2D eigenvalue weighted by Crippen LogP contribution is -2.34. The lowest BCUT2D eigenvalue weighted by atomic mass is 9.73. The van der Waals surface area contributed by atoms with Gasteiger partial charge in [-0.05, 0) is 55.3 Å². The van der Waals surface area contributed by atoms with Crippen LogP contribution in [0, 0.1) is 29.6 Å². The third-order valence-electron chi connectivity index (χ3n) is 6.96. The van der Waals surface area contributed by atoms with Crippen LogP contribution in [0.2, 0.25) is 0 Å². The molecule has 4 aliphatic rings. The molecule has 4 atom stereocenters. The van der Waals surface area contributed by atoms with Crippen molar-refractivity contribution in [3.05, 3.63) is 0 Å². The molecule has 0 aromatic carbocycles. The summed E-state index contributed by atoms with van der Waals surface area (Å²) in [6.07, 6.45) is 9.62. The van der Waals surface area contributed by atoms with Crippen LogP contribution in [-0.2, 0) is 19.2 Å². The number of ether oxygens (including phenoxy) is 1. The highest BCUT2D eigenvalue weighted by Crippen LogP contribution is 2.57. The van der Waals surface area contributed by atoms with Crippen LogP contribution in [0.25, 0.3) is 0 Å². The van der Waals surface area contributed by atoms with Crippen molar-refractivity contribution >= 4 is 18.0 Å². The zero-order valence-corrected chi connectivity index (χ0v) is 14.7. The van der Waals surface area contributed by atoms with E-state index in [-0.39, 0.29) is 12.8 Å². The van der Waals surface area contributed by atoms with Gasteiger partial charge >= 0.3 is 6.16 Å². The first kappa shape index (κ1) is 16.9. The average molecular weight is 349 g/mol. The predicted octanol–water partition coefficient (Wildman–Crippen LogP) is 3.45. The summed E-state index contributed by atoms with van der Waals surface area (Å²) in [5.74, 6) is 2.38. The third-order valence-corrected chi connectivity index (χ3v) is 6.96. The number of rotatable bonds is 3. The summed E-state index contributed by atoms with van der Waals surface area (Å²) in [5.41, 5.74) is 0. The normalized spacial score (nSPS) is 37.6. The van der Waals surface area contributed by atoms with Gasteiger partial charge in [-0.25, -0.2) is 4.79 Å². The van der Waals surface area contributed by atoms with Gasteiger partial charge in [0.15, 0.2) is 0 Å². The van der Waals surface area contributed by atoms with Gasteiger partial charge in [-0.2, -0.15) is 0 Å². The van der Waals surface area contributed by atoms with E-state index in [2.05, 4.69) is 0 Å². The van der Waals surface area contributed by atoms with E-state index in [1.165, 1.54) is 51.4 Å². The number of carbonyl (C=O) groups is 3. The molecule has 3 aliphatic carbocycles. The zero-order valence-electron chi connectivity index (χ0n) is 14.7. The molecule has 4 unspecified atom stereocenters. The van der Waals surface area contributed by atoms with E-state index in [9.17, 15) is 14.4 Å². The molecule has 1 saturated heterocycles. The van der Waals surface area contributed by atoms with Gasteiger partial charge in [-0.1, -0.05) is 30.7 Å². The fourth-order valence-corrected chi connectivity index (χ4v) is 5.99. The van der Waals surface area contributed by atoms with Gasteiger partial charge in [-0.15, -0.1) is 0 Å². The summed E-state index contributed by atoms with van der Waals surface area (Å²) in [4.78, 5) is 39.9. The second-order valence-corrected chi connectivity index (χ2v) is 8.12. The molecule has 6 nitrogen and oxygen atoms in total. The van der Waals surface area contributed by atoms with Gasteiger partial charge in [0, 0.05) is 12.8 Å². The van der Waals surface area contributed by atoms with E-state index in [1.807, 2.05) is 0 Å². The number of hydrogen-bond donors (Lipinski definition) is 0. The van der Waals surface area contributed by atoms with E-state index in [0.717, 1.165) is 11.8 Å². The molecule has 0 bridgehead atoms. The van der Waals surface area contributed by atoms with Crippen LogP contribution in [0.15, 0.2) is 0 Å². The van der Waals surface area contributed by atoms with Crippen molar-refractivity contribution in [2.24, 2.45) is 29.6 Å². The Balaban J connectivity index is 1.37. The SMILES string of the molecule is O=C(OCC1C2CCCCC2C2CCCCC21)ON1C(=O)CCC1=O. The minimum absolute atomic E-state index is 0.0995. The highest BCUT2D eigenvalue weighted by atomic mass is 16.8. The number of hydrogen-bond acceptors (Lipinski definition) is 5. The van der Waals surface area contributed by atoms with Crippen molar-refractivity contribution in [1.82, 2.24) is 5.06 Å². The van der Waals surface area contributed by atoms with Crippen molar-refractivity contribution in [1.29, 1.82) is 0 Å². The van der Waals surface area contributed by atoms with Crippen LogP contribution in [0.4, 0.5) is 4.79 Å². The highest BCUT2D eigenvalue weighted by Gasteiger charge is 2.51. The van der Waals surface area contributed by atoms with Crippen LogP contribution in [-0.4, -0.2) is 29.6 Å². The first-order valence-electron chi connectivity index (χ1n) is 9.85.